The summed E-state index contributed by atoms with van der Waals surface area (Å²) in [6.07, 6.45) is 0.734. The number of para-hydroxylation sites is 1. The van der Waals surface area contributed by atoms with E-state index in [9.17, 15) is 13.2 Å². The van der Waals surface area contributed by atoms with Gasteiger partial charge in [-0.2, -0.15) is 0 Å². The Morgan fingerprint density at radius 1 is 1.04 bits per heavy atom. The summed E-state index contributed by atoms with van der Waals surface area (Å²) in [5.41, 5.74) is 1.27. The number of hydrogen-bond acceptors (Lipinski definition) is 4. The van der Waals surface area contributed by atoms with E-state index in [4.69, 9.17) is 4.74 Å². The number of ether oxygens (including phenoxy) is 1. The van der Waals surface area contributed by atoms with Gasteiger partial charge in [0.05, 0.1) is 11.0 Å². The first-order chi connectivity index (χ1) is 13.2. The fourth-order valence-electron chi connectivity index (χ4n) is 2.50. The number of benzene rings is 2. The van der Waals surface area contributed by atoms with E-state index in [1.54, 1.807) is 6.92 Å². The molecule has 0 saturated carbocycles. The van der Waals surface area contributed by atoms with Gasteiger partial charge in [0.25, 0.3) is 5.91 Å². The van der Waals surface area contributed by atoms with Gasteiger partial charge >= 0.3 is 0 Å². The average Bonchev–Trinajstić information content (AvgIpc) is 2.66. The molecule has 0 spiro atoms. The summed E-state index contributed by atoms with van der Waals surface area (Å²) in [5.74, 6) is 0.452. The lowest BCUT2D eigenvalue weighted by Gasteiger charge is -2.15. The molecule has 0 fully saturated rings. The molecule has 2 rings (SSSR count). The third-order valence-electron chi connectivity index (χ3n) is 4.17. The van der Waals surface area contributed by atoms with Crippen LogP contribution in [0.25, 0.3) is 0 Å². The molecule has 0 bridgehead atoms. The molecule has 28 heavy (non-hydrogen) atoms. The van der Waals surface area contributed by atoms with Crippen LogP contribution in [0, 0.1) is 0 Å². The van der Waals surface area contributed by atoms with Crippen molar-refractivity contribution in [1.82, 2.24) is 10.0 Å². The fraction of sp³-hybridized carbons (Fsp3) is 0.381. The number of carbonyl (C=O) groups is 1. The van der Waals surface area contributed by atoms with E-state index in [1.165, 1.54) is 24.3 Å². The standard InChI is InChI=1S/C21H28N2O4S/c1-5-16(4)23-28(25,26)19-12-10-17(11-13-19)21(24)22-14-18-8-6-7-9-20(18)27-15(2)3/h6-13,15-16,23H,5,14H2,1-4H3,(H,22,24). The molecule has 0 aliphatic rings. The molecule has 0 aromatic heterocycles. The van der Waals surface area contributed by atoms with Crippen LogP contribution in [-0.4, -0.2) is 26.5 Å². The Hall–Kier alpha value is -2.38. The molecule has 1 atom stereocenters. The summed E-state index contributed by atoms with van der Waals surface area (Å²) < 4.78 is 32.9. The van der Waals surface area contributed by atoms with Gasteiger partial charge in [-0.25, -0.2) is 13.1 Å². The maximum absolute atomic E-state index is 12.4. The van der Waals surface area contributed by atoms with Crippen molar-refractivity contribution in [2.45, 2.75) is 57.7 Å². The van der Waals surface area contributed by atoms with Gasteiger partial charge in [-0.05, 0) is 57.5 Å². The second-order valence-corrected chi connectivity index (χ2v) is 8.63. The molecular weight excluding hydrogens is 376 g/mol. The van der Waals surface area contributed by atoms with Crippen LogP contribution in [0.5, 0.6) is 5.75 Å². The van der Waals surface area contributed by atoms with Crippen molar-refractivity contribution in [2.75, 3.05) is 0 Å². The summed E-state index contributed by atoms with van der Waals surface area (Å²) >= 11 is 0. The van der Waals surface area contributed by atoms with Gasteiger partial charge in [-0.3, -0.25) is 4.79 Å². The van der Waals surface area contributed by atoms with E-state index in [0.717, 1.165) is 11.3 Å². The van der Waals surface area contributed by atoms with Crippen molar-refractivity contribution >= 4 is 15.9 Å². The largest absolute Gasteiger partial charge is 0.491 e. The number of nitrogens with one attached hydrogen (secondary N) is 2. The molecule has 7 heteroatoms. The third-order valence-corrected chi connectivity index (χ3v) is 5.78. The van der Waals surface area contributed by atoms with Crippen molar-refractivity contribution in [1.29, 1.82) is 0 Å². The third kappa shape index (κ3) is 6.07. The van der Waals surface area contributed by atoms with Crippen molar-refractivity contribution in [3.05, 3.63) is 59.7 Å². The molecule has 0 aliphatic carbocycles. The molecule has 6 nitrogen and oxygen atoms in total. The van der Waals surface area contributed by atoms with Crippen LogP contribution >= 0.6 is 0 Å². The quantitative estimate of drug-likeness (QED) is 0.670. The van der Waals surface area contributed by atoms with Crippen LogP contribution < -0.4 is 14.8 Å². The molecule has 2 aromatic rings. The number of sulfonamides is 1. The van der Waals surface area contributed by atoms with Crippen molar-refractivity contribution in [3.63, 3.8) is 0 Å². The van der Waals surface area contributed by atoms with Crippen LogP contribution in [0.2, 0.25) is 0 Å². The molecule has 1 unspecified atom stereocenters. The number of amides is 1. The van der Waals surface area contributed by atoms with E-state index in [2.05, 4.69) is 10.0 Å². The Morgan fingerprint density at radius 2 is 1.68 bits per heavy atom. The molecule has 1 amide bonds. The van der Waals surface area contributed by atoms with E-state index >= 15 is 0 Å². The molecule has 2 N–H and O–H groups in total. The summed E-state index contributed by atoms with van der Waals surface area (Å²) in [6, 6.07) is 13.3. The fourth-order valence-corrected chi connectivity index (χ4v) is 3.82. The van der Waals surface area contributed by atoms with Crippen LogP contribution in [0.4, 0.5) is 0 Å². The summed E-state index contributed by atoms with van der Waals surface area (Å²) in [5, 5.41) is 2.84. The smallest absolute Gasteiger partial charge is 0.251 e. The topological polar surface area (TPSA) is 84.5 Å². The Labute approximate surface area is 167 Å². The molecule has 2 aromatic carbocycles. The highest BCUT2D eigenvalue weighted by Gasteiger charge is 2.17. The normalized spacial score (nSPS) is 12.6. The molecular formula is C21H28N2O4S. The Bertz CT molecular complexity index is 893. The van der Waals surface area contributed by atoms with E-state index in [0.29, 0.717) is 18.5 Å². The van der Waals surface area contributed by atoms with Crippen molar-refractivity contribution in [3.8, 4) is 5.75 Å². The highest BCUT2D eigenvalue weighted by molar-refractivity contribution is 7.89. The SMILES string of the molecule is CCC(C)NS(=O)(=O)c1ccc(C(=O)NCc2ccccc2OC(C)C)cc1. The van der Waals surface area contributed by atoms with Gasteiger partial charge in [0.15, 0.2) is 0 Å². The van der Waals surface area contributed by atoms with Gasteiger partial charge < -0.3 is 10.1 Å². The highest BCUT2D eigenvalue weighted by Crippen LogP contribution is 2.19. The van der Waals surface area contributed by atoms with Crippen molar-refractivity contribution < 1.29 is 17.9 Å². The molecule has 0 radical (unpaired) electrons. The second kappa shape index (κ2) is 9.71. The minimum absolute atomic E-state index is 0.0374. The number of rotatable bonds is 9. The molecule has 152 valence electrons. The maximum atomic E-state index is 12.4. The zero-order valence-electron chi connectivity index (χ0n) is 16.7. The molecule has 0 aliphatic heterocycles. The minimum Gasteiger partial charge on any atom is -0.491 e. The molecule has 0 saturated heterocycles. The summed E-state index contributed by atoms with van der Waals surface area (Å²) in [4.78, 5) is 12.6. The van der Waals surface area contributed by atoms with Gasteiger partial charge in [-0.15, -0.1) is 0 Å². The first kappa shape index (κ1) is 21.9. The highest BCUT2D eigenvalue weighted by atomic mass is 32.2. The van der Waals surface area contributed by atoms with E-state index < -0.39 is 10.0 Å². The first-order valence-electron chi connectivity index (χ1n) is 9.38. The maximum Gasteiger partial charge on any atom is 0.251 e. The van der Waals surface area contributed by atoms with Crippen LogP contribution in [0.3, 0.4) is 0 Å². The van der Waals surface area contributed by atoms with E-state index in [-0.39, 0.29) is 22.9 Å². The Balaban J connectivity index is 2.04. The zero-order chi connectivity index (χ0) is 20.7. The zero-order valence-corrected chi connectivity index (χ0v) is 17.5. The lowest BCUT2D eigenvalue weighted by Crippen LogP contribution is -2.32. The predicted octanol–water partition coefficient (Wildman–Crippen LogP) is 3.48. The monoisotopic (exact) mass is 404 g/mol. The van der Waals surface area contributed by atoms with Gasteiger partial charge in [-0.1, -0.05) is 25.1 Å². The summed E-state index contributed by atoms with van der Waals surface area (Å²) in [7, 11) is -3.58. The van der Waals surface area contributed by atoms with Crippen molar-refractivity contribution in [2.24, 2.45) is 0 Å². The lowest BCUT2D eigenvalue weighted by molar-refractivity contribution is 0.0950. The van der Waals surface area contributed by atoms with E-state index in [1.807, 2.05) is 45.0 Å². The van der Waals surface area contributed by atoms with Gasteiger partial charge in [0.2, 0.25) is 10.0 Å². The minimum atomic E-state index is -3.58. The van der Waals surface area contributed by atoms with Gasteiger partial charge in [0.1, 0.15) is 5.75 Å². The average molecular weight is 405 g/mol. The first-order valence-corrected chi connectivity index (χ1v) is 10.9. The Morgan fingerprint density at radius 3 is 2.29 bits per heavy atom. The number of hydrogen-bond donors (Lipinski definition) is 2. The van der Waals surface area contributed by atoms with Crippen LogP contribution in [0.15, 0.2) is 53.4 Å². The van der Waals surface area contributed by atoms with Crippen LogP contribution in [0.1, 0.15) is 50.0 Å². The lowest BCUT2D eigenvalue weighted by atomic mass is 10.1. The number of carbonyl (C=O) groups excluding carboxylic acids is 1. The molecule has 0 heterocycles. The van der Waals surface area contributed by atoms with Gasteiger partial charge in [0, 0.05) is 23.7 Å². The van der Waals surface area contributed by atoms with Crippen LogP contribution in [-0.2, 0) is 16.6 Å². The summed E-state index contributed by atoms with van der Waals surface area (Å²) in [6.45, 7) is 7.92. The second-order valence-electron chi connectivity index (χ2n) is 6.91. The Kier molecular flexibility index (Phi) is 7.60. The predicted molar refractivity (Wildman–Crippen MR) is 110 cm³/mol.